The molecule has 0 saturated carbocycles. The van der Waals surface area contributed by atoms with Crippen molar-refractivity contribution in [1.29, 1.82) is 0 Å². The lowest BCUT2D eigenvalue weighted by Gasteiger charge is -2.28. The van der Waals surface area contributed by atoms with Crippen LogP contribution >= 0.6 is 31.9 Å². The number of carbonyl (C=O) groups is 1. The minimum atomic E-state index is -2.81. The largest absolute Gasteiger partial charge is 0.478 e. The molecule has 33 heavy (non-hydrogen) atoms. The van der Waals surface area contributed by atoms with Crippen molar-refractivity contribution in [2.75, 3.05) is 0 Å². The summed E-state index contributed by atoms with van der Waals surface area (Å²) >= 11 is 7.35. The van der Waals surface area contributed by atoms with E-state index in [4.69, 9.17) is 5.26 Å². The van der Waals surface area contributed by atoms with Crippen LogP contribution in [0, 0.1) is 0 Å². The number of aromatic carboxylic acids is 1. The Kier molecular flexibility index (Phi) is 4.76. The molecule has 4 aromatic carbocycles. The van der Waals surface area contributed by atoms with Crippen molar-refractivity contribution in [3.63, 3.8) is 0 Å². The first-order valence-electron chi connectivity index (χ1n) is 10.3. The molecule has 2 heterocycles. The predicted octanol–water partition coefficient (Wildman–Crippen LogP) is 4.24. The van der Waals surface area contributed by atoms with E-state index in [0.717, 1.165) is 30.8 Å². The lowest BCUT2D eigenvalue weighted by Crippen LogP contribution is -2.71. The van der Waals surface area contributed by atoms with Crippen LogP contribution in [0.2, 0.25) is 0 Å². The highest BCUT2D eigenvalue weighted by Gasteiger charge is 2.54. The molecule has 0 saturated heterocycles. The van der Waals surface area contributed by atoms with Gasteiger partial charge in [0, 0.05) is 8.95 Å². The predicted molar refractivity (Wildman–Crippen MR) is 138 cm³/mol. The van der Waals surface area contributed by atoms with E-state index in [2.05, 4.69) is 85.3 Å². The maximum atomic E-state index is 12.0. The van der Waals surface area contributed by atoms with E-state index in [-0.39, 0.29) is 12.2 Å². The van der Waals surface area contributed by atoms with E-state index in [1.54, 1.807) is 6.07 Å². The van der Waals surface area contributed by atoms with Crippen LogP contribution in [-0.2, 0) is 11.5 Å². The van der Waals surface area contributed by atoms with Gasteiger partial charge in [-0.3, -0.25) is 5.26 Å². The zero-order chi connectivity index (χ0) is 22.9. The van der Waals surface area contributed by atoms with Gasteiger partial charge in [-0.25, -0.2) is 9.68 Å². The quantitative estimate of drug-likeness (QED) is 0.187. The molecule has 2 aliphatic heterocycles. The standard InChI is InChI=1S/C26H16Br2O4Si/c27-16-3-7-20-21-8-4-17(28)12-25(21)33(24(20)11-16)22-9-14(13-32-31)1-5-18(22)19-6-2-15(26(29)30)10-23(19)33/h1-12,31H,13H2,(H,29,30). The van der Waals surface area contributed by atoms with Gasteiger partial charge in [-0.15, -0.1) is 0 Å². The summed E-state index contributed by atoms with van der Waals surface area (Å²) in [5.41, 5.74) is 5.68. The van der Waals surface area contributed by atoms with Crippen molar-refractivity contribution in [3.05, 3.63) is 92.9 Å². The first kappa shape index (κ1) is 21.0. The second-order valence-corrected chi connectivity index (χ2v) is 13.8. The van der Waals surface area contributed by atoms with Crippen LogP contribution in [-0.4, -0.2) is 24.4 Å². The average Bonchev–Trinajstić information content (AvgIpc) is 3.24. The molecule has 0 aromatic heterocycles. The molecular formula is C26H16Br2O4Si. The lowest BCUT2D eigenvalue weighted by molar-refractivity contribution is -0.252. The van der Waals surface area contributed by atoms with Gasteiger partial charge in [-0.05, 0) is 85.0 Å². The third-order valence-electron chi connectivity index (χ3n) is 6.74. The van der Waals surface area contributed by atoms with Crippen molar-refractivity contribution >= 4 is 66.6 Å². The van der Waals surface area contributed by atoms with Gasteiger partial charge in [0.25, 0.3) is 0 Å². The molecule has 0 fully saturated rings. The van der Waals surface area contributed by atoms with E-state index in [1.807, 2.05) is 18.2 Å². The summed E-state index contributed by atoms with van der Waals surface area (Å²) < 4.78 is 1.97. The number of rotatable bonds is 3. The maximum Gasteiger partial charge on any atom is 0.335 e. The Balaban J connectivity index is 1.82. The summed E-state index contributed by atoms with van der Waals surface area (Å²) in [4.78, 5) is 16.4. The SMILES string of the molecule is O=C(O)c1ccc2c(c1)[Si]1(c3cc(Br)ccc3-c3ccc(Br)cc31)c1cc(COO)ccc1-2. The number of benzene rings is 4. The van der Waals surface area contributed by atoms with Crippen LogP contribution < -0.4 is 20.7 Å². The van der Waals surface area contributed by atoms with Gasteiger partial charge in [-0.2, -0.15) is 0 Å². The van der Waals surface area contributed by atoms with E-state index in [0.29, 0.717) is 0 Å². The smallest absolute Gasteiger partial charge is 0.335 e. The Morgan fingerprint density at radius 2 is 1.21 bits per heavy atom. The van der Waals surface area contributed by atoms with Crippen LogP contribution in [0.15, 0.2) is 81.7 Å². The molecule has 4 nitrogen and oxygen atoms in total. The molecule has 162 valence electrons. The molecular weight excluding hydrogens is 564 g/mol. The van der Waals surface area contributed by atoms with Gasteiger partial charge < -0.3 is 5.11 Å². The Hall–Kier alpha value is -2.55. The summed E-state index contributed by atoms with van der Waals surface area (Å²) in [6.07, 6.45) is 0. The Morgan fingerprint density at radius 1 is 0.727 bits per heavy atom. The first-order valence-corrected chi connectivity index (χ1v) is 13.9. The Morgan fingerprint density at radius 3 is 1.76 bits per heavy atom. The fourth-order valence-corrected chi connectivity index (χ4v) is 12.4. The number of carboxylic acids is 1. The van der Waals surface area contributed by atoms with E-state index in [1.165, 1.54) is 26.7 Å². The fourth-order valence-electron chi connectivity index (χ4n) is 5.52. The molecule has 0 atom stereocenters. The second-order valence-electron chi connectivity index (χ2n) is 8.35. The third kappa shape index (κ3) is 2.84. The van der Waals surface area contributed by atoms with E-state index < -0.39 is 14.0 Å². The summed E-state index contributed by atoms with van der Waals surface area (Å²) in [5, 5.41) is 23.7. The highest BCUT2D eigenvalue weighted by atomic mass is 79.9. The van der Waals surface area contributed by atoms with Crippen molar-refractivity contribution in [1.82, 2.24) is 0 Å². The summed E-state index contributed by atoms with van der Waals surface area (Å²) in [7, 11) is -2.81. The number of halogens is 2. The minimum absolute atomic E-state index is 0.0885. The summed E-state index contributed by atoms with van der Waals surface area (Å²) in [5.74, 6) is -0.936. The Labute approximate surface area is 207 Å². The molecule has 0 unspecified atom stereocenters. The van der Waals surface area contributed by atoms with Crippen molar-refractivity contribution in [2.24, 2.45) is 0 Å². The molecule has 0 radical (unpaired) electrons. The zero-order valence-corrected chi connectivity index (χ0v) is 21.3. The highest BCUT2D eigenvalue weighted by molar-refractivity contribution is 9.10. The molecule has 0 amide bonds. The highest BCUT2D eigenvalue weighted by Crippen LogP contribution is 2.38. The lowest BCUT2D eigenvalue weighted by atomic mass is 10.0. The van der Waals surface area contributed by atoms with Crippen molar-refractivity contribution in [2.45, 2.75) is 6.61 Å². The van der Waals surface area contributed by atoms with Crippen molar-refractivity contribution in [3.8, 4) is 22.3 Å². The molecule has 4 aromatic rings. The van der Waals surface area contributed by atoms with Gasteiger partial charge in [0.05, 0.1) is 5.56 Å². The molecule has 7 heteroatoms. The topological polar surface area (TPSA) is 66.8 Å². The number of carboxylic acid groups (broad SMARTS) is 1. The second kappa shape index (κ2) is 7.48. The normalized spacial score (nSPS) is 14.0. The zero-order valence-electron chi connectivity index (χ0n) is 17.1. The van der Waals surface area contributed by atoms with Crippen LogP contribution in [0.5, 0.6) is 0 Å². The fraction of sp³-hybridized carbons (Fsp3) is 0.0385. The van der Waals surface area contributed by atoms with Crippen LogP contribution in [0.25, 0.3) is 22.3 Å². The Bertz CT molecular complexity index is 1450. The molecule has 1 spiro atoms. The number of fused-ring (bicyclic) bond motifs is 10. The van der Waals surface area contributed by atoms with Gasteiger partial charge >= 0.3 is 5.97 Å². The van der Waals surface area contributed by atoms with Crippen LogP contribution in [0.1, 0.15) is 15.9 Å². The molecule has 0 aliphatic carbocycles. The monoisotopic (exact) mass is 578 g/mol. The first-order chi connectivity index (χ1) is 15.9. The van der Waals surface area contributed by atoms with E-state index >= 15 is 0 Å². The van der Waals surface area contributed by atoms with Gasteiger partial charge in [0.1, 0.15) is 6.61 Å². The van der Waals surface area contributed by atoms with Crippen LogP contribution in [0.3, 0.4) is 0 Å². The average molecular weight is 580 g/mol. The summed E-state index contributed by atoms with van der Waals surface area (Å²) in [6, 6.07) is 24.4. The third-order valence-corrected chi connectivity index (χ3v) is 12.6. The molecule has 0 bridgehead atoms. The van der Waals surface area contributed by atoms with Gasteiger partial charge in [0.2, 0.25) is 0 Å². The molecule has 6 rings (SSSR count). The molecule has 2 aliphatic rings. The summed E-state index contributed by atoms with van der Waals surface area (Å²) in [6.45, 7) is 0.0885. The van der Waals surface area contributed by atoms with Gasteiger partial charge in [0.15, 0.2) is 8.07 Å². The number of hydrogen-bond donors (Lipinski definition) is 2. The van der Waals surface area contributed by atoms with Crippen LogP contribution in [0.4, 0.5) is 0 Å². The number of hydrogen-bond acceptors (Lipinski definition) is 3. The van der Waals surface area contributed by atoms with Gasteiger partial charge in [-0.1, -0.05) is 68.3 Å². The molecule has 2 N–H and O–H groups in total. The minimum Gasteiger partial charge on any atom is -0.478 e. The van der Waals surface area contributed by atoms with E-state index in [9.17, 15) is 9.90 Å². The van der Waals surface area contributed by atoms with Crippen molar-refractivity contribution < 1.29 is 20.0 Å². The maximum absolute atomic E-state index is 12.0.